The first kappa shape index (κ1) is 23.2. The van der Waals surface area contributed by atoms with E-state index in [0.29, 0.717) is 34.2 Å². The van der Waals surface area contributed by atoms with Crippen LogP contribution in [0.4, 0.5) is 11.4 Å². The first-order valence-corrected chi connectivity index (χ1v) is 10.5. The highest BCUT2D eigenvalue weighted by atomic mass is 16.5. The van der Waals surface area contributed by atoms with Crippen molar-refractivity contribution in [2.45, 2.75) is 0 Å². The summed E-state index contributed by atoms with van der Waals surface area (Å²) in [5.41, 5.74) is 2.33. The standard InChI is InChI=1S/C24H22N6O5/c1-33-20-10-6-17(7-11-20)26-23(31)14-35-21-12-3-16(13-22(21)34-2)24(32)27-18-4-8-19(9-5-18)30-15-25-28-29-30/h3-13,15H,14H2,1-2H3,(H,26,31)(H,27,32). The molecule has 2 amide bonds. The van der Waals surface area contributed by atoms with Crippen molar-refractivity contribution in [3.63, 3.8) is 0 Å². The summed E-state index contributed by atoms with van der Waals surface area (Å²) in [6, 6.07) is 18.7. The zero-order valence-corrected chi connectivity index (χ0v) is 19.0. The number of carbonyl (C=O) groups is 2. The lowest BCUT2D eigenvalue weighted by Crippen LogP contribution is -2.20. The Morgan fingerprint density at radius 3 is 2.23 bits per heavy atom. The summed E-state index contributed by atoms with van der Waals surface area (Å²) in [6.07, 6.45) is 1.48. The molecule has 0 aliphatic carbocycles. The van der Waals surface area contributed by atoms with Gasteiger partial charge in [0.2, 0.25) is 0 Å². The Balaban J connectivity index is 1.35. The number of aromatic nitrogens is 4. The normalized spacial score (nSPS) is 10.3. The molecule has 2 N–H and O–H groups in total. The number of tetrazole rings is 1. The van der Waals surface area contributed by atoms with Crippen molar-refractivity contribution in [1.82, 2.24) is 20.2 Å². The second kappa shape index (κ2) is 10.8. The topological polar surface area (TPSA) is 129 Å². The summed E-state index contributed by atoms with van der Waals surface area (Å²) in [6.45, 7) is -0.235. The number of benzene rings is 3. The van der Waals surface area contributed by atoms with Gasteiger partial charge < -0.3 is 24.8 Å². The molecule has 0 radical (unpaired) electrons. The molecular weight excluding hydrogens is 452 g/mol. The fourth-order valence-corrected chi connectivity index (χ4v) is 3.12. The molecule has 0 fully saturated rings. The van der Waals surface area contributed by atoms with Crippen molar-refractivity contribution < 1.29 is 23.8 Å². The Morgan fingerprint density at radius 1 is 0.857 bits per heavy atom. The van der Waals surface area contributed by atoms with Gasteiger partial charge in [-0.15, -0.1) is 5.10 Å². The van der Waals surface area contributed by atoms with E-state index in [1.807, 2.05) is 0 Å². The molecular formula is C24H22N6O5. The molecule has 0 atom stereocenters. The third-order valence-electron chi connectivity index (χ3n) is 4.90. The Hall–Kier alpha value is -4.93. The smallest absolute Gasteiger partial charge is 0.262 e. The largest absolute Gasteiger partial charge is 0.497 e. The SMILES string of the molecule is COc1ccc(NC(=O)COc2ccc(C(=O)Nc3ccc(-n4cnnn4)cc3)cc2OC)cc1. The molecule has 0 spiro atoms. The number of rotatable bonds is 9. The molecule has 35 heavy (non-hydrogen) atoms. The van der Waals surface area contributed by atoms with E-state index in [2.05, 4.69) is 26.2 Å². The summed E-state index contributed by atoms with van der Waals surface area (Å²) >= 11 is 0. The Bertz CT molecular complexity index is 1290. The van der Waals surface area contributed by atoms with Gasteiger partial charge in [-0.25, -0.2) is 4.68 Å². The molecule has 4 aromatic rings. The van der Waals surface area contributed by atoms with Gasteiger partial charge in [0, 0.05) is 16.9 Å². The van der Waals surface area contributed by atoms with Crippen LogP contribution in [-0.2, 0) is 4.79 Å². The number of nitrogens with one attached hydrogen (secondary N) is 2. The predicted molar refractivity (Wildman–Crippen MR) is 127 cm³/mol. The number of methoxy groups -OCH3 is 2. The molecule has 4 rings (SSSR count). The minimum Gasteiger partial charge on any atom is -0.497 e. The van der Waals surface area contributed by atoms with Crippen LogP contribution in [-0.4, -0.2) is 52.8 Å². The number of hydrogen-bond donors (Lipinski definition) is 2. The van der Waals surface area contributed by atoms with Gasteiger partial charge in [0.15, 0.2) is 18.1 Å². The number of ether oxygens (including phenoxy) is 3. The minimum absolute atomic E-state index is 0.235. The van der Waals surface area contributed by atoms with E-state index in [1.165, 1.54) is 18.1 Å². The molecule has 3 aromatic carbocycles. The maximum Gasteiger partial charge on any atom is 0.262 e. The molecule has 1 aromatic heterocycles. The van der Waals surface area contributed by atoms with Gasteiger partial charge >= 0.3 is 0 Å². The first-order valence-electron chi connectivity index (χ1n) is 10.5. The highest BCUT2D eigenvalue weighted by Gasteiger charge is 2.13. The number of amides is 2. The highest BCUT2D eigenvalue weighted by molar-refractivity contribution is 6.04. The Morgan fingerprint density at radius 2 is 1.57 bits per heavy atom. The van der Waals surface area contributed by atoms with Gasteiger partial charge in [-0.3, -0.25) is 9.59 Å². The molecule has 178 valence electrons. The third-order valence-corrected chi connectivity index (χ3v) is 4.90. The zero-order valence-electron chi connectivity index (χ0n) is 19.0. The lowest BCUT2D eigenvalue weighted by atomic mass is 10.1. The van der Waals surface area contributed by atoms with Crippen molar-refractivity contribution >= 4 is 23.2 Å². The first-order chi connectivity index (χ1) is 17.1. The summed E-state index contributed by atoms with van der Waals surface area (Å²) in [4.78, 5) is 24.9. The molecule has 0 saturated carbocycles. The molecule has 0 saturated heterocycles. The van der Waals surface area contributed by atoms with E-state index in [9.17, 15) is 9.59 Å². The predicted octanol–water partition coefficient (Wildman–Crippen LogP) is 2.95. The average Bonchev–Trinajstić information content (AvgIpc) is 3.43. The maximum absolute atomic E-state index is 12.7. The Labute approximate surface area is 200 Å². The third kappa shape index (κ3) is 5.90. The van der Waals surface area contributed by atoms with Gasteiger partial charge in [-0.2, -0.15) is 0 Å². The van der Waals surface area contributed by atoms with E-state index < -0.39 is 0 Å². The lowest BCUT2D eigenvalue weighted by molar-refractivity contribution is -0.118. The molecule has 0 bridgehead atoms. The van der Waals surface area contributed by atoms with Crippen LogP contribution >= 0.6 is 0 Å². The maximum atomic E-state index is 12.7. The number of hydrogen-bond acceptors (Lipinski definition) is 8. The number of carbonyl (C=O) groups excluding carboxylic acids is 2. The van der Waals surface area contributed by atoms with E-state index in [4.69, 9.17) is 14.2 Å². The number of nitrogens with zero attached hydrogens (tertiary/aromatic N) is 4. The molecule has 11 nitrogen and oxygen atoms in total. The van der Waals surface area contributed by atoms with E-state index in [1.54, 1.807) is 73.8 Å². The molecule has 0 aliphatic heterocycles. The van der Waals surface area contributed by atoms with Gasteiger partial charge in [0.25, 0.3) is 11.8 Å². The van der Waals surface area contributed by atoms with Crippen LogP contribution in [0.25, 0.3) is 5.69 Å². The van der Waals surface area contributed by atoms with Crippen LogP contribution < -0.4 is 24.8 Å². The Kier molecular flexibility index (Phi) is 7.16. The van der Waals surface area contributed by atoms with E-state index in [-0.39, 0.29) is 18.4 Å². The van der Waals surface area contributed by atoms with E-state index in [0.717, 1.165) is 5.69 Å². The van der Waals surface area contributed by atoms with Crippen LogP contribution in [0.5, 0.6) is 17.2 Å². The van der Waals surface area contributed by atoms with Gasteiger partial charge in [0.05, 0.1) is 19.9 Å². The van der Waals surface area contributed by atoms with Gasteiger partial charge in [0.1, 0.15) is 12.1 Å². The molecule has 0 aliphatic rings. The zero-order chi connectivity index (χ0) is 24.6. The summed E-state index contributed by atoms with van der Waals surface area (Å²) < 4.78 is 17.5. The molecule has 11 heteroatoms. The van der Waals surface area contributed by atoms with Crippen LogP contribution in [0.2, 0.25) is 0 Å². The van der Waals surface area contributed by atoms with Crippen LogP contribution in [0, 0.1) is 0 Å². The van der Waals surface area contributed by atoms with Crippen LogP contribution in [0.1, 0.15) is 10.4 Å². The summed E-state index contributed by atoms with van der Waals surface area (Å²) in [7, 11) is 3.03. The fourth-order valence-electron chi connectivity index (χ4n) is 3.12. The van der Waals surface area contributed by atoms with Gasteiger partial charge in [-0.1, -0.05) is 0 Å². The second-order valence-corrected chi connectivity index (χ2v) is 7.19. The van der Waals surface area contributed by atoms with Gasteiger partial charge in [-0.05, 0) is 77.2 Å². The van der Waals surface area contributed by atoms with E-state index >= 15 is 0 Å². The van der Waals surface area contributed by atoms with Crippen molar-refractivity contribution in [2.24, 2.45) is 0 Å². The fraction of sp³-hybridized carbons (Fsp3) is 0.125. The minimum atomic E-state index is -0.343. The number of anilines is 2. The highest BCUT2D eigenvalue weighted by Crippen LogP contribution is 2.28. The summed E-state index contributed by atoms with van der Waals surface area (Å²) in [5, 5.41) is 16.6. The van der Waals surface area contributed by atoms with Crippen LogP contribution in [0.3, 0.4) is 0 Å². The van der Waals surface area contributed by atoms with Crippen LogP contribution in [0.15, 0.2) is 73.1 Å². The summed E-state index contributed by atoms with van der Waals surface area (Å²) in [5.74, 6) is 0.671. The second-order valence-electron chi connectivity index (χ2n) is 7.19. The lowest BCUT2D eigenvalue weighted by Gasteiger charge is -2.13. The molecule has 0 unspecified atom stereocenters. The quantitative estimate of drug-likeness (QED) is 0.379. The van der Waals surface area contributed by atoms with Crippen molar-refractivity contribution in [1.29, 1.82) is 0 Å². The average molecular weight is 474 g/mol. The van der Waals surface area contributed by atoms with Crippen molar-refractivity contribution in [2.75, 3.05) is 31.5 Å². The van der Waals surface area contributed by atoms with Crippen molar-refractivity contribution in [3.05, 3.63) is 78.6 Å². The molecule has 1 heterocycles. The van der Waals surface area contributed by atoms with Crippen molar-refractivity contribution in [3.8, 4) is 22.9 Å². The monoisotopic (exact) mass is 474 g/mol.